The first-order chi connectivity index (χ1) is 24.8. The van der Waals surface area contributed by atoms with Crippen LogP contribution in [-0.2, 0) is 65.7 Å². The first-order valence-electron chi connectivity index (χ1n) is 18.2. The van der Waals surface area contributed by atoms with Crippen LogP contribution in [0.4, 0.5) is 26.3 Å². The van der Waals surface area contributed by atoms with Gasteiger partial charge in [-0.15, -0.1) is 11.1 Å². The first-order valence-corrected chi connectivity index (χ1v) is 19.4. The number of fused-ring (bicyclic) bond motifs is 3. The van der Waals surface area contributed by atoms with Gasteiger partial charge in [0.2, 0.25) is 0 Å². The van der Waals surface area contributed by atoms with Crippen molar-refractivity contribution >= 4 is 3.21 Å². The van der Waals surface area contributed by atoms with Gasteiger partial charge in [0.1, 0.15) is 0 Å². The zero-order valence-electron chi connectivity index (χ0n) is 33.7. The first kappa shape index (κ1) is 49.3. The second-order valence-corrected chi connectivity index (χ2v) is 18.2. The van der Waals surface area contributed by atoms with E-state index < -0.39 is 23.5 Å². The summed E-state index contributed by atoms with van der Waals surface area (Å²) < 4.78 is 75.6. The van der Waals surface area contributed by atoms with Crippen LogP contribution in [0.3, 0.4) is 0 Å². The average Bonchev–Trinajstić information content (AvgIpc) is 3.72. The third kappa shape index (κ3) is 12.8. The Balaban J connectivity index is 0.000000300. The van der Waals surface area contributed by atoms with Gasteiger partial charge in [-0.3, -0.25) is 0 Å². The number of hydrogen-bond acceptors (Lipinski definition) is 0. The van der Waals surface area contributed by atoms with Crippen LogP contribution < -0.4 is 24.8 Å². The minimum absolute atomic E-state index is 0. The van der Waals surface area contributed by atoms with Crippen LogP contribution in [0, 0.1) is 6.07 Å². The molecule has 0 unspecified atom stereocenters. The molecule has 1 aliphatic rings. The Morgan fingerprint density at radius 3 is 1.41 bits per heavy atom. The van der Waals surface area contributed by atoms with E-state index in [0.29, 0.717) is 19.7 Å². The number of alkyl halides is 6. The number of hydrogen-bond donors (Lipinski definition) is 0. The summed E-state index contributed by atoms with van der Waals surface area (Å²) in [5.74, 6) is 0. The molecule has 5 aromatic carbocycles. The predicted molar refractivity (Wildman–Crippen MR) is 207 cm³/mol. The van der Waals surface area contributed by atoms with Crippen molar-refractivity contribution in [3.05, 3.63) is 159 Å². The fourth-order valence-electron chi connectivity index (χ4n) is 6.03. The fourth-order valence-corrected chi connectivity index (χ4v) is 6.84. The molecule has 300 valence electrons. The van der Waals surface area contributed by atoms with Crippen LogP contribution in [0.15, 0.2) is 97.1 Å². The molecule has 0 aromatic heterocycles. The SMILES string of the molecule is CC(C)(C)c1[c-]c2c(cc1)-c1ccc(C(C)(C)C)cc1C2.CCc1cc(C(C)(C)C)c[cH-]1.FC(F)(F)c1ccc([C](=[Zr+2])c2ccc(C(F)(F)F)cc2)cc1.[Cl-].[Cl-]. The maximum atomic E-state index is 12.5. The van der Waals surface area contributed by atoms with Gasteiger partial charge < -0.3 is 24.8 Å². The summed E-state index contributed by atoms with van der Waals surface area (Å²) in [6, 6.07) is 31.1. The largest absolute Gasteiger partial charge is 1.00 e. The molecular weight excluding hydrogens is 841 g/mol. The van der Waals surface area contributed by atoms with E-state index in [9.17, 15) is 26.3 Å². The second-order valence-electron chi connectivity index (χ2n) is 16.9. The number of benzene rings is 4. The monoisotopic (exact) mass is 888 g/mol. The van der Waals surface area contributed by atoms with Gasteiger partial charge in [-0.2, -0.15) is 47.0 Å². The molecule has 6 rings (SSSR count). The zero-order valence-corrected chi connectivity index (χ0v) is 37.6. The smallest absolute Gasteiger partial charge is 1.00 e. The van der Waals surface area contributed by atoms with Crippen molar-refractivity contribution in [2.45, 2.75) is 111 Å². The number of aryl methyl sites for hydroxylation is 1. The molecule has 0 saturated heterocycles. The maximum Gasteiger partial charge on any atom is -1.00 e. The molecular formula is C47H50Cl2F6Zr-2. The van der Waals surface area contributed by atoms with Gasteiger partial charge in [0.05, 0.1) is 0 Å². The van der Waals surface area contributed by atoms with Gasteiger partial charge >= 0.3 is 137 Å². The Kier molecular flexibility index (Phi) is 16.6. The van der Waals surface area contributed by atoms with E-state index >= 15 is 0 Å². The molecule has 0 aliphatic heterocycles. The third-order valence-corrected chi connectivity index (χ3v) is 11.0. The summed E-state index contributed by atoms with van der Waals surface area (Å²) >= 11 is 0.898. The molecule has 0 radical (unpaired) electrons. The molecule has 0 saturated carbocycles. The van der Waals surface area contributed by atoms with E-state index in [1.807, 2.05) is 0 Å². The fraction of sp³-hybridized carbons (Fsp3) is 0.362. The molecule has 1 aliphatic carbocycles. The van der Waals surface area contributed by atoms with Crippen molar-refractivity contribution in [2.24, 2.45) is 0 Å². The molecule has 0 bridgehead atoms. The van der Waals surface area contributed by atoms with Gasteiger partial charge in [0.25, 0.3) is 0 Å². The van der Waals surface area contributed by atoms with E-state index in [4.69, 9.17) is 0 Å². The predicted octanol–water partition coefficient (Wildman–Crippen LogP) is 7.77. The quantitative estimate of drug-likeness (QED) is 0.126. The molecule has 0 nitrogen and oxygen atoms in total. The summed E-state index contributed by atoms with van der Waals surface area (Å²) in [5.41, 5.74) is 11.5. The van der Waals surface area contributed by atoms with Crippen LogP contribution in [-0.4, -0.2) is 3.21 Å². The summed E-state index contributed by atoms with van der Waals surface area (Å²) in [4.78, 5) is 0. The van der Waals surface area contributed by atoms with Crippen LogP contribution in [0.5, 0.6) is 0 Å². The Bertz CT molecular complexity index is 1930. The van der Waals surface area contributed by atoms with E-state index in [1.165, 1.54) is 68.8 Å². The molecule has 5 aromatic rings. The second kappa shape index (κ2) is 18.8. The van der Waals surface area contributed by atoms with Crippen molar-refractivity contribution in [1.29, 1.82) is 0 Å². The standard InChI is InChI=1S/C21H25.C15H8F6.C11H17.2ClH.Zr/c1-20(2,3)16-7-9-18-14(12-16)11-15-13-17(21(4,5)6)8-10-19(15)18;16-14(17,18)12-5-1-10(2-6-12)9-11-3-7-13(8-4-11)15(19,20)21;1-5-9-6-7-10(8-9)11(2,3)4;;;/h7-10,12H,11H2,1-6H3;1-8H;6-8H,5H2,1-4H3;2*1H;/q-1;;-1;;;+2/p-2. The minimum atomic E-state index is -4.41. The number of rotatable bonds is 3. The van der Waals surface area contributed by atoms with Crippen molar-refractivity contribution in [3.63, 3.8) is 0 Å². The molecule has 0 N–H and O–H groups in total. The van der Waals surface area contributed by atoms with Gasteiger partial charge in [-0.25, -0.2) is 6.07 Å². The van der Waals surface area contributed by atoms with E-state index in [2.05, 4.69) is 124 Å². The van der Waals surface area contributed by atoms with Crippen molar-refractivity contribution in [1.82, 2.24) is 0 Å². The third-order valence-electron chi connectivity index (χ3n) is 9.56. The molecule has 0 heterocycles. The Labute approximate surface area is 357 Å². The normalized spacial score (nSPS) is 12.5. The van der Waals surface area contributed by atoms with E-state index in [1.54, 1.807) is 0 Å². The minimum Gasteiger partial charge on any atom is -1.00 e. The Morgan fingerprint density at radius 2 is 1.04 bits per heavy atom. The van der Waals surface area contributed by atoms with Crippen LogP contribution >= 0.6 is 0 Å². The van der Waals surface area contributed by atoms with Crippen LogP contribution in [0.2, 0.25) is 0 Å². The summed E-state index contributed by atoms with van der Waals surface area (Å²) in [6.07, 6.45) is -6.64. The van der Waals surface area contributed by atoms with Gasteiger partial charge in [0.15, 0.2) is 0 Å². The molecule has 0 amide bonds. The van der Waals surface area contributed by atoms with Crippen molar-refractivity contribution in [3.8, 4) is 11.1 Å². The van der Waals surface area contributed by atoms with Crippen LogP contribution in [0.1, 0.15) is 125 Å². The van der Waals surface area contributed by atoms with Crippen molar-refractivity contribution in [2.75, 3.05) is 0 Å². The summed E-state index contributed by atoms with van der Waals surface area (Å²) in [6.45, 7) is 22.6. The molecule has 0 fully saturated rings. The molecule has 56 heavy (non-hydrogen) atoms. The molecule has 0 atom stereocenters. The zero-order chi connectivity index (χ0) is 40.4. The van der Waals surface area contributed by atoms with Crippen molar-refractivity contribution < 1.29 is 75.4 Å². The Hall–Kier alpha value is -2.86. The van der Waals surface area contributed by atoms with Gasteiger partial charge in [-0.05, 0) is 28.4 Å². The van der Waals surface area contributed by atoms with E-state index in [-0.39, 0.29) is 35.6 Å². The van der Waals surface area contributed by atoms with Gasteiger partial charge in [-0.1, -0.05) is 105 Å². The van der Waals surface area contributed by atoms with Crippen LogP contribution in [0.25, 0.3) is 11.1 Å². The Morgan fingerprint density at radius 1 is 0.589 bits per heavy atom. The van der Waals surface area contributed by atoms with E-state index in [0.717, 1.165) is 61.3 Å². The summed E-state index contributed by atoms with van der Waals surface area (Å²) in [7, 11) is 0. The van der Waals surface area contributed by atoms with Gasteiger partial charge in [0, 0.05) is 0 Å². The molecule has 0 spiro atoms. The number of halogens is 8. The summed E-state index contributed by atoms with van der Waals surface area (Å²) in [5, 5.41) is 0. The maximum absolute atomic E-state index is 12.5. The topological polar surface area (TPSA) is 0 Å². The molecule has 9 heteroatoms. The average molecular weight is 891 g/mol.